The van der Waals surface area contributed by atoms with Crippen LogP contribution in [0.2, 0.25) is 5.02 Å². The highest BCUT2D eigenvalue weighted by molar-refractivity contribution is 9.10. The Morgan fingerprint density at radius 2 is 1.94 bits per heavy atom. The molecular formula is C23H28BrClN2O4. The Balaban J connectivity index is 2.25. The molecule has 2 rings (SSSR count). The highest BCUT2D eigenvalue weighted by Gasteiger charge is 2.29. The van der Waals surface area contributed by atoms with Gasteiger partial charge < -0.3 is 19.7 Å². The molecule has 0 fully saturated rings. The Bertz CT molecular complexity index is 907. The molecule has 0 saturated heterocycles. The van der Waals surface area contributed by atoms with E-state index in [4.69, 9.17) is 21.1 Å². The van der Waals surface area contributed by atoms with Gasteiger partial charge in [-0.2, -0.15) is 0 Å². The number of hydrogen-bond donors (Lipinski definition) is 1. The fourth-order valence-corrected chi connectivity index (χ4v) is 3.81. The zero-order valence-corrected chi connectivity index (χ0v) is 20.5. The molecule has 0 aromatic heterocycles. The maximum atomic E-state index is 13.2. The third-order valence-corrected chi connectivity index (χ3v) is 5.34. The molecule has 0 unspecified atom stereocenters. The summed E-state index contributed by atoms with van der Waals surface area (Å²) in [5.41, 5.74) is 0.852. The molecule has 2 aromatic rings. The van der Waals surface area contributed by atoms with E-state index in [1.54, 1.807) is 30.2 Å². The predicted octanol–water partition coefficient (Wildman–Crippen LogP) is 4.82. The van der Waals surface area contributed by atoms with Crippen LogP contribution in [-0.2, 0) is 16.1 Å². The van der Waals surface area contributed by atoms with E-state index < -0.39 is 6.04 Å². The average Bonchev–Trinajstić information content (AvgIpc) is 2.72. The Kier molecular flexibility index (Phi) is 9.65. The maximum absolute atomic E-state index is 13.2. The van der Waals surface area contributed by atoms with Crippen molar-refractivity contribution in [2.75, 3.05) is 13.7 Å². The molecule has 0 bridgehead atoms. The van der Waals surface area contributed by atoms with Gasteiger partial charge in [0.05, 0.1) is 12.1 Å². The van der Waals surface area contributed by atoms with E-state index in [9.17, 15) is 9.59 Å². The molecule has 2 aromatic carbocycles. The molecule has 0 spiro atoms. The quantitative estimate of drug-likeness (QED) is 0.496. The summed E-state index contributed by atoms with van der Waals surface area (Å²) in [6.07, 6.45) is 0.466. The summed E-state index contributed by atoms with van der Waals surface area (Å²) >= 11 is 9.54. The minimum atomic E-state index is -0.634. The lowest BCUT2D eigenvalue weighted by Gasteiger charge is -2.31. The molecule has 31 heavy (non-hydrogen) atoms. The highest BCUT2D eigenvalue weighted by Crippen LogP contribution is 2.28. The van der Waals surface area contributed by atoms with Crippen LogP contribution in [0.4, 0.5) is 0 Å². The van der Waals surface area contributed by atoms with Crippen molar-refractivity contribution in [1.82, 2.24) is 10.2 Å². The van der Waals surface area contributed by atoms with E-state index in [1.165, 1.54) is 0 Å². The topological polar surface area (TPSA) is 67.9 Å². The van der Waals surface area contributed by atoms with Crippen molar-refractivity contribution in [3.05, 3.63) is 57.5 Å². The minimum absolute atomic E-state index is 0.0341. The van der Waals surface area contributed by atoms with Crippen LogP contribution in [0.1, 0.15) is 32.8 Å². The molecule has 2 amide bonds. The van der Waals surface area contributed by atoms with Crippen molar-refractivity contribution >= 4 is 39.3 Å². The van der Waals surface area contributed by atoms with Gasteiger partial charge in [-0.25, -0.2) is 0 Å². The zero-order valence-electron chi connectivity index (χ0n) is 18.2. The molecule has 1 N–H and O–H groups in total. The van der Waals surface area contributed by atoms with Crippen LogP contribution in [-0.4, -0.2) is 42.5 Å². The Hall–Kier alpha value is -2.25. The second-order valence-corrected chi connectivity index (χ2v) is 8.65. The van der Waals surface area contributed by atoms with E-state index in [1.807, 2.05) is 45.0 Å². The lowest BCUT2D eigenvalue weighted by Crippen LogP contribution is -2.51. The van der Waals surface area contributed by atoms with E-state index in [0.29, 0.717) is 22.9 Å². The fourth-order valence-electron chi connectivity index (χ4n) is 3.08. The second-order valence-electron chi connectivity index (χ2n) is 7.32. The summed E-state index contributed by atoms with van der Waals surface area (Å²) in [7, 11) is 1.59. The summed E-state index contributed by atoms with van der Waals surface area (Å²) in [4.78, 5) is 27.5. The number of amides is 2. The van der Waals surface area contributed by atoms with E-state index >= 15 is 0 Å². The number of carbonyl (C=O) groups is 2. The van der Waals surface area contributed by atoms with Crippen molar-refractivity contribution in [2.24, 2.45) is 0 Å². The number of carbonyl (C=O) groups excluding carboxylic acids is 2. The monoisotopic (exact) mass is 510 g/mol. The summed E-state index contributed by atoms with van der Waals surface area (Å²) in [6.45, 7) is 5.66. The Morgan fingerprint density at radius 1 is 1.19 bits per heavy atom. The molecule has 0 aliphatic carbocycles. The van der Waals surface area contributed by atoms with Gasteiger partial charge in [0, 0.05) is 17.1 Å². The van der Waals surface area contributed by atoms with Gasteiger partial charge in [0.25, 0.3) is 5.91 Å². The predicted molar refractivity (Wildman–Crippen MR) is 126 cm³/mol. The average molecular weight is 512 g/mol. The van der Waals surface area contributed by atoms with Crippen molar-refractivity contribution < 1.29 is 19.1 Å². The standard InChI is InChI=1S/C23H28BrClN2O4/c1-5-20(23(29)26-15(2)3)27(13-16-7-6-8-18(11-16)30-4)22(28)14-31-21-10-9-17(24)12-19(21)25/h6-12,15,20H,5,13-14H2,1-4H3,(H,26,29)/t20-/m1/s1. The number of ether oxygens (including phenoxy) is 2. The van der Waals surface area contributed by atoms with Crippen LogP contribution in [0.3, 0.4) is 0 Å². The van der Waals surface area contributed by atoms with Crippen LogP contribution in [0.25, 0.3) is 0 Å². The first kappa shape index (κ1) is 25.0. The SMILES string of the molecule is CC[C@H](C(=O)NC(C)C)N(Cc1cccc(OC)c1)C(=O)COc1ccc(Br)cc1Cl. The number of benzene rings is 2. The lowest BCUT2D eigenvalue weighted by atomic mass is 10.1. The normalized spacial score (nSPS) is 11.7. The Labute approximate surface area is 197 Å². The number of halogens is 2. The van der Waals surface area contributed by atoms with Crippen LogP contribution >= 0.6 is 27.5 Å². The van der Waals surface area contributed by atoms with E-state index in [-0.39, 0.29) is 31.0 Å². The first-order chi connectivity index (χ1) is 14.7. The van der Waals surface area contributed by atoms with Crippen LogP contribution in [0.15, 0.2) is 46.9 Å². The van der Waals surface area contributed by atoms with Crippen LogP contribution in [0, 0.1) is 0 Å². The molecule has 168 valence electrons. The second kappa shape index (κ2) is 12.0. The zero-order chi connectivity index (χ0) is 23.0. The van der Waals surface area contributed by atoms with Crippen molar-refractivity contribution in [1.29, 1.82) is 0 Å². The summed E-state index contributed by atoms with van der Waals surface area (Å²) in [6, 6.07) is 11.9. The van der Waals surface area contributed by atoms with Crippen molar-refractivity contribution in [3.8, 4) is 11.5 Å². The number of methoxy groups -OCH3 is 1. The molecule has 1 atom stereocenters. The molecule has 0 radical (unpaired) electrons. The highest BCUT2D eigenvalue weighted by atomic mass is 79.9. The van der Waals surface area contributed by atoms with Gasteiger partial charge in [-0.1, -0.05) is 46.6 Å². The molecule has 0 saturated carbocycles. The van der Waals surface area contributed by atoms with Crippen molar-refractivity contribution in [3.63, 3.8) is 0 Å². The fraction of sp³-hybridized carbons (Fsp3) is 0.391. The van der Waals surface area contributed by atoms with Gasteiger partial charge in [-0.15, -0.1) is 0 Å². The van der Waals surface area contributed by atoms with Gasteiger partial charge in [0.15, 0.2) is 6.61 Å². The first-order valence-corrected chi connectivity index (χ1v) is 11.2. The molecular weight excluding hydrogens is 484 g/mol. The summed E-state index contributed by atoms with van der Waals surface area (Å²) in [5.74, 6) is 0.574. The molecule has 0 heterocycles. The van der Waals surface area contributed by atoms with Gasteiger partial charge in [0.2, 0.25) is 5.91 Å². The smallest absolute Gasteiger partial charge is 0.261 e. The van der Waals surface area contributed by atoms with Gasteiger partial charge in [-0.05, 0) is 56.2 Å². The van der Waals surface area contributed by atoms with Crippen LogP contribution in [0.5, 0.6) is 11.5 Å². The summed E-state index contributed by atoms with van der Waals surface area (Å²) in [5, 5.41) is 3.30. The minimum Gasteiger partial charge on any atom is -0.497 e. The Morgan fingerprint density at radius 3 is 2.55 bits per heavy atom. The lowest BCUT2D eigenvalue weighted by molar-refractivity contribution is -0.143. The molecule has 6 nitrogen and oxygen atoms in total. The third kappa shape index (κ3) is 7.43. The number of nitrogens with zero attached hydrogens (tertiary/aromatic N) is 1. The number of hydrogen-bond acceptors (Lipinski definition) is 4. The van der Waals surface area contributed by atoms with Crippen LogP contribution < -0.4 is 14.8 Å². The summed E-state index contributed by atoms with van der Waals surface area (Å²) < 4.78 is 11.8. The third-order valence-electron chi connectivity index (χ3n) is 4.55. The number of rotatable bonds is 10. The van der Waals surface area contributed by atoms with Gasteiger partial charge >= 0.3 is 0 Å². The van der Waals surface area contributed by atoms with Gasteiger partial charge in [-0.3, -0.25) is 9.59 Å². The van der Waals surface area contributed by atoms with Crippen molar-refractivity contribution in [2.45, 2.75) is 45.8 Å². The molecule has 8 heteroatoms. The van der Waals surface area contributed by atoms with E-state index in [0.717, 1.165) is 10.0 Å². The molecule has 0 aliphatic rings. The largest absolute Gasteiger partial charge is 0.497 e. The molecule has 0 aliphatic heterocycles. The maximum Gasteiger partial charge on any atom is 0.261 e. The number of nitrogens with one attached hydrogen (secondary N) is 1. The first-order valence-electron chi connectivity index (χ1n) is 10.1. The van der Waals surface area contributed by atoms with Gasteiger partial charge in [0.1, 0.15) is 17.5 Å². The van der Waals surface area contributed by atoms with E-state index in [2.05, 4.69) is 21.2 Å².